The largest absolute Gasteiger partial charge is 0.452 e. The van der Waals surface area contributed by atoms with Crippen LogP contribution in [0.4, 0.5) is 5.00 Å². The molecule has 0 aliphatic carbocycles. The molecular weight excluding hydrogens is 384 g/mol. The lowest BCUT2D eigenvalue weighted by atomic mass is 10.3. The Hall–Kier alpha value is -3.79. The van der Waals surface area contributed by atoms with Gasteiger partial charge in [-0.25, -0.2) is 9.78 Å². The van der Waals surface area contributed by atoms with Crippen LogP contribution in [0, 0.1) is 0 Å². The lowest BCUT2D eigenvalue weighted by Gasteiger charge is -2.10. The van der Waals surface area contributed by atoms with E-state index in [0.717, 1.165) is 11.3 Å². The van der Waals surface area contributed by atoms with Gasteiger partial charge in [0, 0.05) is 12.4 Å². The van der Waals surface area contributed by atoms with E-state index in [9.17, 15) is 14.4 Å². The highest BCUT2D eigenvalue weighted by atomic mass is 32.1. The van der Waals surface area contributed by atoms with Crippen LogP contribution < -0.4 is 15.8 Å². The van der Waals surface area contributed by atoms with Crippen LogP contribution in [0.25, 0.3) is 0 Å². The fraction of sp³-hybridized carbons (Fsp3) is 0.0556. The second-order valence-corrected chi connectivity index (χ2v) is 6.21. The fourth-order valence-corrected chi connectivity index (χ4v) is 2.93. The van der Waals surface area contributed by atoms with Gasteiger partial charge < -0.3 is 20.5 Å². The van der Waals surface area contributed by atoms with E-state index < -0.39 is 24.4 Å². The van der Waals surface area contributed by atoms with E-state index in [2.05, 4.69) is 15.3 Å². The highest BCUT2D eigenvalue weighted by Gasteiger charge is 2.18. The number of aromatic nitrogens is 2. The summed E-state index contributed by atoms with van der Waals surface area (Å²) in [4.78, 5) is 43.5. The van der Waals surface area contributed by atoms with Gasteiger partial charge in [0.25, 0.3) is 11.8 Å². The van der Waals surface area contributed by atoms with Crippen molar-refractivity contribution in [1.29, 1.82) is 0 Å². The molecule has 0 spiro atoms. The molecule has 28 heavy (non-hydrogen) atoms. The van der Waals surface area contributed by atoms with Crippen molar-refractivity contribution in [2.45, 2.75) is 0 Å². The van der Waals surface area contributed by atoms with Gasteiger partial charge in [0.15, 0.2) is 6.61 Å². The summed E-state index contributed by atoms with van der Waals surface area (Å²) in [6.07, 6.45) is 4.50. The zero-order chi connectivity index (χ0) is 19.9. The Bertz CT molecular complexity index is 1010. The van der Waals surface area contributed by atoms with Crippen molar-refractivity contribution < 1.29 is 23.9 Å². The van der Waals surface area contributed by atoms with Gasteiger partial charge in [-0.3, -0.25) is 14.6 Å². The average Bonchev–Trinajstić information content (AvgIpc) is 3.16. The first-order valence-corrected chi connectivity index (χ1v) is 8.79. The Kier molecular flexibility index (Phi) is 5.92. The molecule has 0 aliphatic rings. The van der Waals surface area contributed by atoms with E-state index in [4.69, 9.17) is 15.2 Å². The van der Waals surface area contributed by atoms with Gasteiger partial charge in [-0.05, 0) is 35.7 Å². The number of amides is 2. The van der Waals surface area contributed by atoms with Crippen LogP contribution >= 0.6 is 11.3 Å². The Morgan fingerprint density at radius 1 is 1.11 bits per heavy atom. The number of thiophene rings is 1. The minimum Gasteiger partial charge on any atom is -0.452 e. The number of carbonyl (C=O) groups excluding carboxylic acids is 3. The molecule has 0 aliphatic heterocycles. The number of pyridine rings is 2. The minimum atomic E-state index is -0.788. The molecule has 0 unspecified atom stereocenters. The van der Waals surface area contributed by atoms with Crippen molar-refractivity contribution >= 4 is 34.1 Å². The fourth-order valence-electron chi connectivity index (χ4n) is 2.12. The molecule has 0 saturated heterocycles. The Morgan fingerprint density at radius 2 is 1.93 bits per heavy atom. The molecule has 0 atom stereocenters. The summed E-state index contributed by atoms with van der Waals surface area (Å²) in [5, 5.41) is 4.38. The number of hydrogen-bond donors (Lipinski definition) is 2. The number of nitrogens with one attached hydrogen (secondary N) is 1. The molecular formula is C18H14N4O5S. The number of esters is 1. The third-order valence-corrected chi connectivity index (χ3v) is 4.19. The Morgan fingerprint density at radius 3 is 2.68 bits per heavy atom. The van der Waals surface area contributed by atoms with Crippen molar-refractivity contribution in [2.24, 2.45) is 5.73 Å². The van der Waals surface area contributed by atoms with Gasteiger partial charge in [-0.15, -0.1) is 11.3 Å². The molecule has 0 fully saturated rings. The number of nitrogens with zero attached hydrogens (tertiary/aromatic N) is 2. The van der Waals surface area contributed by atoms with E-state index >= 15 is 0 Å². The molecule has 0 bridgehead atoms. The third-order valence-electron chi connectivity index (χ3n) is 3.36. The maximum Gasteiger partial charge on any atom is 0.344 e. The van der Waals surface area contributed by atoms with Crippen LogP contribution in [0.15, 0.2) is 54.3 Å². The van der Waals surface area contributed by atoms with Crippen LogP contribution in [0.5, 0.6) is 11.6 Å². The molecule has 3 aromatic heterocycles. The molecule has 9 nitrogen and oxygen atoms in total. The number of hydrogen-bond acceptors (Lipinski definition) is 8. The van der Waals surface area contributed by atoms with Gasteiger partial charge in [0.1, 0.15) is 16.3 Å². The van der Waals surface area contributed by atoms with E-state index in [1.165, 1.54) is 30.6 Å². The van der Waals surface area contributed by atoms with Crippen LogP contribution in [-0.4, -0.2) is 34.4 Å². The summed E-state index contributed by atoms with van der Waals surface area (Å²) in [6, 6.07) is 7.82. The third kappa shape index (κ3) is 4.68. The van der Waals surface area contributed by atoms with Crippen LogP contribution in [0.3, 0.4) is 0 Å². The van der Waals surface area contributed by atoms with Crippen molar-refractivity contribution in [3.8, 4) is 11.6 Å². The Balaban J connectivity index is 1.63. The van der Waals surface area contributed by atoms with Crippen LogP contribution in [0.1, 0.15) is 20.7 Å². The highest BCUT2D eigenvalue weighted by Crippen LogP contribution is 2.24. The van der Waals surface area contributed by atoms with Crippen LogP contribution in [0.2, 0.25) is 0 Å². The van der Waals surface area contributed by atoms with Gasteiger partial charge in [0.05, 0.1) is 11.8 Å². The molecule has 3 aromatic rings. The second kappa shape index (κ2) is 8.73. The predicted molar refractivity (Wildman–Crippen MR) is 100 cm³/mol. The first-order chi connectivity index (χ1) is 13.5. The monoisotopic (exact) mass is 398 g/mol. The molecule has 10 heteroatoms. The lowest BCUT2D eigenvalue weighted by Crippen LogP contribution is -2.22. The summed E-state index contributed by atoms with van der Waals surface area (Å²) < 4.78 is 10.6. The highest BCUT2D eigenvalue weighted by molar-refractivity contribution is 7.14. The number of carbonyl (C=O) groups is 3. The Labute approximate surface area is 163 Å². The molecule has 142 valence electrons. The maximum atomic E-state index is 12.3. The first-order valence-electron chi connectivity index (χ1n) is 7.92. The van der Waals surface area contributed by atoms with Crippen molar-refractivity contribution in [1.82, 2.24) is 9.97 Å². The van der Waals surface area contributed by atoms with Crippen molar-refractivity contribution in [2.75, 3.05) is 11.9 Å². The van der Waals surface area contributed by atoms with Crippen molar-refractivity contribution in [3.63, 3.8) is 0 Å². The molecule has 0 saturated carbocycles. The van der Waals surface area contributed by atoms with E-state index in [1.54, 1.807) is 23.7 Å². The van der Waals surface area contributed by atoms with Crippen molar-refractivity contribution in [3.05, 3.63) is 65.4 Å². The quantitative estimate of drug-likeness (QED) is 0.583. The van der Waals surface area contributed by atoms with Gasteiger partial charge in [0.2, 0.25) is 5.88 Å². The van der Waals surface area contributed by atoms with Gasteiger partial charge in [-0.2, -0.15) is 0 Å². The van der Waals surface area contributed by atoms with Gasteiger partial charge >= 0.3 is 5.97 Å². The van der Waals surface area contributed by atoms with E-state index in [-0.39, 0.29) is 22.0 Å². The van der Waals surface area contributed by atoms with Gasteiger partial charge in [-0.1, -0.05) is 0 Å². The van der Waals surface area contributed by atoms with Crippen LogP contribution in [-0.2, 0) is 9.53 Å². The SMILES string of the molecule is NC(=O)c1ccsc1NC(=O)COC(=O)c1cccnc1Oc1cccnc1. The molecule has 2 amide bonds. The minimum absolute atomic E-state index is 0.0233. The van der Waals surface area contributed by atoms with E-state index in [0.29, 0.717) is 5.75 Å². The average molecular weight is 398 g/mol. The molecule has 0 aromatic carbocycles. The number of primary amides is 1. The smallest absolute Gasteiger partial charge is 0.344 e. The molecule has 3 heterocycles. The summed E-state index contributed by atoms with van der Waals surface area (Å²) in [7, 11) is 0. The second-order valence-electron chi connectivity index (χ2n) is 5.30. The normalized spacial score (nSPS) is 10.1. The molecule has 3 rings (SSSR count). The standard InChI is InChI=1S/C18H14N4O5S/c19-15(24)12-5-8-28-17(12)22-14(23)10-26-18(25)13-4-2-7-21-16(13)27-11-3-1-6-20-9-11/h1-9H,10H2,(H2,19,24)(H,22,23). The summed E-state index contributed by atoms with van der Waals surface area (Å²) in [5.41, 5.74) is 5.45. The number of nitrogens with two attached hydrogens (primary N) is 1. The lowest BCUT2D eigenvalue weighted by molar-refractivity contribution is -0.119. The topological polar surface area (TPSA) is 134 Å². The number of anilines is 1. The number of ether oxygens (including phenoxy) is 2. The zero-order valence-corrected chi connectivity index (χ0v) is 15.1. The zero-order valence-electron chi connectivity index (χ0n) is 14.3. The summed E-state index contributed by atoms with van der Waals surface area (Å²) in [5.74, 6) is -1.65. The van der Waals surface area contributed by atoms with E-state index in [1.807, 2.05) is 0 Å². The molecule has 0 radical (unpaired) electrons. The first kappa shape index (κ1) is 19.0. The maximum absolute atomic E-state index is 12.3. The number of rotatable bonds is 7. The summed E-state index contributed by atoms with van der Waals surface area (Å²) >= 11 is 1.13. The summed E-state index contributed by atoms with van der Waals surface area (Å²) in [6.45, 7) is -0.559. The molecule has 3 N–H and O–H groups in total. The predicted octanol–water partition coefficient (Wildman–Crippen LogP) is 2.22.